The van der Waals surface area contributed by atoms with E-state index in [1.807, 2.05) is 74.2 Å². The molecule has 1 spiro atoms. The van der Waals surface area contributed by atoms with E-state index in [0.29, 0.717) is 39.0 Å². The highest BCUT2D eigenvalue weighted by atomic mass is 16.5. The van der Waals surface area contributed by atoms with E-state index >= 15 is 0 Å². The van der Waals surface area contributed by atoms with Gasteiger partial charge in [-0.3, -0.25) is 19.4 Å². The molecule has 0 radical (unpaired) electrons. The standard InChI is InChI=1S/C31H41N3O5/c1-22(2)19-33-29(36)31(34(30(33)37)18-15-24-9-13-27(38-4)14-10-24)16-6-17-32(21-31)20-25-7-11-26(12-8-25)23(3)28(35)39-5/h7-14,22-23H,6,15-21H2,1-5H3. The fourth-order valence-corrected chi connectivity index (χ4v) is 5.79. The van der Waals surface area contributed by atoms with Crippen molar-refractivity contribution >= 4 is 17.9 Å². The Bertz CT molecular complexity index is 1160. The monoisotopic (exact) mass is 535 g/mol. The van der Waals surface area contributed by atoms with Crippen molar-refractivity contribution in [2.24, 2.45) is 5.92 Å². The third kappa shape index (κ3) is 6.11. The minimum Gasteiger partial charge on any atom is -0.497 e. The van der Waals surface area contributed by atoms with E-state index in [1.165, 1.54) is 12.0 Å². The van der Waals surface area contributed by atoms with E-state index in [9.17, 15) is 14.4 Å². The molecule has 2 unspecified atom stereocenters. The predicted molar refractivity (Wildman–Crippen MR) is 149 cm³/mol. The molecular weight excluding hydrogens is 494 g/mol. The van der Waals surface area contributed by atoms with E-state index in [2.05, 4.69) is 4.90 Å². The molecule has 0 aliphatic carbocycles. The smallest absolute Gasteiger partial charge is 0.327 e. The number of urea groups is 1. The van der Waals surface area contributed by atoms with Crippen molar-refractivity contribution in [3.8, 4) is 5.75 Å². The Morgan fingerprint density at radius 1 is 0.974 bits per heavy atom. The quantitative estimate of drug-likeness (QED) is 0.330. The lowest BCUT2D eigenvalue weighted by molar-refractivity contribution is -0.142. The van der Waals surface area contributed by atoms with Crippen LogP contribution in [-0.4, -0.2) is 78.5 Å². The lowest BCUT2D eigenvalue weighted by Gasteiger charge is -2.43. The summed E-state index contributed by atoms with van der Waals surface area (Å²) < 4.78 is 10.1. The molecule has 0 bridgehead atoms. The number of ether oxygens (including phenoxy) is 2. The van der Waals surface area contributed by atoms with E-state index in [-0.39, 0.29) is 29.7 Å². The number of hydrogen-bond acceptors (Lipinski definition) is 6. The topological polar surface area (TPSA) is 79.4 Å². The van der Waals surface area contributed by atoms with Crippen LogP contribution in [0.4, 0.5) is 4.79 Å². The Labute approximate surface area is 231 Å². The molecule has 210 valence electrons. The Morgan fingerprint density at radius 3 is 2.26 bits per heavy atom. The van der Waals surface area contributed by atoms with Gasteiger partial charge in [-0.1, -0.05) is 50.2 Å². The third-order valence-electron chi connectivity index (χ3n) is 7.94. The summed E-state index contributed by atoms with van der Waals surface area (Å²) in [7, 11) is 3.04. The second kappa shape index (κ2) is 12.2. The SMILES string of the molecule is COC(=O)C(C)c1ccc(CN2CCCC3(C2)C(=O)N(CC(C)C)C(=O)N3CCc2ccc(OC)cc2)cc1. The van der Waals surface area contributed by atoms with Gasteiger partial charge in [-0.2, -0.15) is 0 Å². The molecule has 2 aliphatic heterocycles. The van der Waals surface area contributed by atoms with Crippen LogP contribution < -0.4 is 4.74 Å². The molecule has 0 N–H and O–H groups in total. The van der Waals surface area contributed by atoms with E-state index in [4.69, 9.17) is 9.47 Å². The van der Waals surface area contributed by atoms with Gasteiger partial charge in [0.1, 0.15) is 11.3 Å². The molecular formula is C31H41N3O5. The number of carbonyl (C=O) groups excluding carboxylic acids is 3. The summed E-state index contributed by atoms with van der Waals surface area (Å²) in [6, 6.07) is 15.7. The number of likely N-dealkylation sites (tertiary alicyclic amines) is 1. The first kappa shape index (κ1) is 28.6. The normalized spacial score (nSPS) is 20.7. The van der Waals surface area contributed by atoms with E-state index in [0.717, 1.165) is 35.4 Å². The highest BCUT2D eigenvalue weighted by Gasteiger charge is 2.58. The van der Waals surface area contributed by atoms with Gasteiger partial charge < -0.3 is 14.4 Å². The molecule has 2 atom stereocenters. The minimum atomic E-state index is -0.851. The summed E-state index contributed by atoms with van der Waals surface area (Å²) in [5.74, 6) is 0.341. The van der Waals surface area contributed by atoms with Crippen molar-refractivity contribution in [2.75, 3.05) is 40.4 Å². The van der Waals surface area contributed by atoms with Gasteiger partial charge in [0.2, 0.25) is 0 Å². The molecule has 3 amide bonds. The van der Waals surface area contributed by atoms with Gasteiger partial charge in [-0.15, -0.1) is 0 Å². The molecule has 0 aromatic heterocycles. The number of amides is 3. The molecule has 39 heavy (non-hydrogen) atoms. The maximum absolute atomic E-state index is 13.9. The first-order valence-corrected chi connectivity index (χ1v) is 13.8. The molecule has 2 aliphatic rings. The maximum atomic E-state index is 13.9. The Hall–Kier alpha value is -3.39. The van der Waals surface area contributed by atoms with Crippen LogP contribution in [-0.2, 0) is 27.3 Å². The zero-order valence-corrected chi connectivity index (χ0v) is 23.8. The van der Waals surface area contributed by atoms with Crippen LogP contribution in [0.15, 0.2) is 48.5 Å². The molecule has 2 aromatic rings. The van der Waals surface area contributed by atoms with Gasteiger partial charge in [0.15, 0.2) is 0 Å². The first-order valence-electron chi connectivity index (χ1n) is 13.8. The second-order valence-corrected chi connectivity index (χ2v) is 11.2. The highest BCUT2D eigenvalue weighted by molar-refractivity contribution is 6.07. The number of methoxy groups -OCH3 is 2. The summed E-state index contributed by atoms with van der Waals surface area (Å²) in [5.41, 5.74) is 2.26. The van der Waals surface area contributed by atoms with Gasteiger partial charge in [0.25, 0.3) is 5.91 Å². The molecule has 2 heterocycles. The Morgan fingerprint density at radius 2 is 1.64 bits per heavy atom. The van der Waals surface area contributed by atoms with Gasteiger partial charge in [-0.05, 0) is 67.5 Å². The third-order valence-corrected chi connectivity index (χ3v) is 7.94. The fraction of sp³-hybridized carbons (Fsp3) is 0.516. The lowest BCUT2D eigenvalue weighted by Crippen LogP contribution is -2.60. The van der Waals surface area contributed by atoms with Crippen LogP contribution in [0, 0.1) is 5.92 Å². The number of rotatable bonds is 10. The van der Waals surface area contributed by atoms with Crippen LogP contribution in [0.2, 0.25) is 0 Å². The molecule has 8 heteroatoms. The van der Waals surface area contributed by atoms with E-state index < -0.39 is 5.54 Å². The van der Waals surface area contributed by atoms with Crippen molar-refractivity contribution in [1.29, 1.82) is 0 Å². The largest absolute Gasteiger partial charge is 0.497 e. The number of carbonyl (C=O) groups is 3. The van der Waals surface area contributed by atoms with Crippen molar-refractivity contribution in [3.05, 3.63) is 65.2 Å². The number of esters is 1. The number of benzene rings is 2. The van der Waals surface area contributed by atoms with Crippen LogP contribution in [0.25, 0.3) is 0 Å². The van der Waals surface area contributed by atoms with Gasteiger partial charge in [-0.25, -0.2) is 4.79 Å². The zero-order valence-electron chi connectivity index (χ0n) is 23.8. The highest BCUT2D eigenvalue weighted by Crippen LogP contribution is 2.37. The van der Waals surface area contributed by atoms with Crippen LogP contribution in [0.5, 0.6) is 5.75 Å². The Balaban J connectivity index is 1.52. The van der Waals surface area contributed by atoms with Gasteiger partial charge in [0.05, 0.1) is 20.1 Å². The zero-order chi connectivity index (χ0) is 28.2. The molecule has 4 rings (SSSR count). The van der Waals surface area contributed by atoms with Crippen LogP contribution in [0.1, 0.15) is 56.2 Å². The number of imide groups is 1. The average Bonchev–Trinajstić information content (AvgIpc) is 3.12. The first-order chi connectivity index (χ1) is 18.7. The van der Waals surface area contributed by atoms with Crippen molar-refractivity contribution in [1.82, 2.24) is 14.7 Å². The van der Waals surface area contributed by atoms with Crippen molar-refractivity contribution < 1.29 is 23.9 Å². The maximum Gasteiger partial charge on any atom is 0.327 e. The van der Waals surface area contributed by atoms with Crippen LogP contribution >= 0.6 is 0 Å². The van der Waals surface area contributed by atoms with Crippen LogP contribution in [0.3, 0.4) is 0 Å². The number of hydrogen-bond donors (Lipinski definition) is 0. The molecule has 8 nitrogen and oxygen atoms in total. The van der Waals surface area contributed by atoms with Gasteiger partial charge >= 0.3 is 12.0 Å². The molecule has 0 saturated carbocycles. The minimum absolute atomic E-state index is 0.0668. The summed E-state index contributed by atoms with van der Waals surface area (Å²) in [5, 5.41) is 0. The second-order valence-electron chi connectivity index (χ2n) is 11.2. The summed E-state index contributed by atoms with van der Waals surface area (Å²) >= 11 is 0. The summed E-state index contributed by atoms with van der Waals surface area (Å²) in [6.07, 6.45) is 2.17. The van der Waals surface area contributed by atoms with Crippen molar-refractivity contribution in [2.45, 2.75) is 58.0 Å². The molecule has 2 aromatic carbocycles. The Kier molecular flexibility index (Phi) is 8.95. The molecule has 2 saturated heterocycles. The van der Waals surface area contributed by atoms with Crippen molar-refractivity contribution in [3.63, 3.8) is 0 Å². The molecule has 2 fully saturated rings. The summed E-state index contributed by atoms with van der Waals surface area (Å²) in [6.45, 7) is 8.86. The number of piperidine rings is 1. The van der Waals surface area contributed by atoms with Gasteiger partial charge in [0, 0.05) is 26.2 Å². The predicted octanol–water partition coefficient (Wildman–Crippen LogP) is 4.47. The lowest BCUT2D eigenvalue weighted by atomic mass is 9.86. The summed E-state index contributed by atoms with van der Waals surface area (Å²) in [4.78, 5) is 45.1. The fourth-order valence-electron chi connectivity index (χ4n) is 5.79. The van der Waals surface area contributed by atoms with E-state index in [1.54, 1.807) is 7.11 Å². The average molecular weight is 536 g/mol. The number of nitrogens with zero attached hydrogens (tertiary/aromatic N) is 3.